The maximum atomic E-state index is 11.7. The Bertz CT molecular complexity index is 485. The average Bonchev–Trinajstić information content (AvgIpc) is 2.76. The number of benzene rings is 1. The van der Waals surface area contributed by atoms with Crippen LogP contribution in [0.1, 0.15) is 32.8 Å². The summed E-state index contributed by atoms with van der Waals surface area (Å²) in [5.74, 6) is 0. The Morgan fingerprint density at radius 3 is 2.57 bits per heavy atom. The van der Waals surface area contributed by atoms with E-state index >= 15 is 0 Å². The molecule has 1 amide bonds. The van der Waals surface area contributed by atoms with Gasteiger partial charge in [0.2, 0.25) is 0 Å². The highest BCUT2D eigenvalue weighted by molar-refractivity contribution is 5.84. The maximum absolute atomic E-state index is 11.7. The summed E-state index contributed by atoms with van der Waals surface area (Å²) in [6.45, 7) is 6.96. The lowest BCUT2D eigenvalue weighted by atomic mass is 9.94. The van der Waals surface area contributed by atoms with E-state index in [1.807, 2.05) is 45.0 Å². The number of hydrogen-bond acceptors (Lipinski definition) is 4. The summed E-state index contributed by atoms with van der Waals surface area (Å²) >= 11 is 0. The largest absolute Gasteiger partial charge is 0.444 e. The molecule has 1 atom stereocenters. The van der Waals surface area contributed by atoms with Crippen LogP contribution in [0.25, 0.3) is 0 Å². The van der Waals surface area contributed by atoms with Crippen molar-refractivity contribution in [3.05, 3.63) is 29.8 Å². The third-order valence-electron chi connectivity index (χ3n) is 3.35. The van der Waals surface area contributed by atoms with Gasteiger partial charge < -0.3 is 15.2 Å². The van der Waals surface area contributed by atoms with Gasteiger partial charge in [-0.05, 0) is 51.4 Å². The summed E-state index contributed by atoms with van der Waals surface area (Å²) in [6, 6.07) is 7.49. The van der Waals surface area contributed by atoms with Crippen molar-refractivity contribution in [3.63, 3.8) is 0 Å². The van der Waals surface area contributed by atoms with Crippen LogP contribution >= 0.6 is 0 Å². The van der Waals surface area contributed by atoms with Gasteiger partial charge in [-0.2, -0.15) is 0 Å². The summed E-state index contributed by atoms with van der Waals surface area (Å²) in [7, 11) is 0. The first kappa shape index (κ1) is 15.8. The molecule has 1 aromatic carbocycles. The Morgan fingerprint density at radius 1 is 1.38 bits per heavy atom. The second kappa shape index (κ2) is 6.03. The smallest absolute Gasteiger partial charge is 0.412 e. The van der Waals surface area contributed by atoms with Crippen LogP contribution in [0.4, 0.5) is 10.5 Å². The van der Waals surface area contributed by atoms with Gasteiger partial charge in [0.1, 0.15) is 5.60 Å². The number of hydrogen-bond donors (Lipinski definition) is 3. The fraction of sp³-hybridized carbons (Fsp3) is 0.562. The van der Waals surface area contributed by atoms with Crippen molar-refractivity contribution < 1.29 is 14.6 Å². The van der Waals surface area contributed by atoms with Gasteiger partial charge in [0.25, 0.3) is 0 Å². The molecule has 0 bridgehead atoms. The lowest BCUT2D eigenvalue weighted by molar-refractivity contribution is 0.0614. The molecule has 1 fully saturated rings. The molecule has 0 saturated carbocycles. The van der Waals surface area contributed by atoms with Gasteiger partial charge in [-0.25, -0.2) is 4.79 Å². The molecule has 2 rings (SSSR count). The van der Waals surface area contributed by atoms with Crippen molar-refractivity contribution in [2.75, 3.05) is 18.4 Å². The van der Waals surface area contributed by atoms with E-state index in [1.54, 1.807) is 0 Å². The van der Waals surface area contributed by atoms with Gasteiger partial charge in [-0.15, -0.1) is 0 Å². The van der Waals surface area contributed by atoms with Crippen molar-refractivity contribution in [3.8, 4) is 0 Å². The number of nitrogens with one attached hydrogen (secondary N) is 2. The monoisotopic (exact) mass is 292 g/mol. The Kier molecular flexibility index (Phi) is 4.54. The quantitative estimate of drug-likeness (QED) is 0.799. The predicted octanol–water partition coefficient (Wildman–Crippen LogP) is 2.30. The molecule has 21 heavy (non-hydrogen) atoms. The lowest BCUT2D eigenvalue weighted by Crippen LogP contribution is -2.33. The minimum Gasteiger partial charge on any atom is -0.444 e. The normalized spacial score (nSPS) is 22.1. The van der Waals surface area contributed by atoms with E-state index in [2.05, 4.69) is 10.6 Å². The summed E-state index contributed by atoms with van der Waals surface area (Å²) in [5, 5.41) is 16.2. The zero-order valence-electron chi connectivity index (χ0n) is 12.9. The van der Waals surface area contributed by atoms with Crippen LogP contribution in [0.5, 0.6) is 0 Å². The van der Waals surface area contributed by atoms with Crippen LogP contribution in [0, 0.1) is 0 Å². The van der Waals surface area contributed by atoms with E-state index < -0.39 is 17.3 Å². The number of aliphatic hydroxyl groups is 1. The molecule has 3 N–H and O–H groups in total. The molecule has 0 spiro atoms. The number of anilines is 1. The second-order valence-electron chi connectivity index (χ2n) is 6.65. The number of ether oxygens (including phenoxy) is 1. The second-order valence-corrected chi connectivity index (χ2v) is 6.65. The van der Waals surface area contributed by atoms with E-state index in [0.717, 1.165) is 18.5 Å². The highest BCUT2D eigenvalue weighted by atomic mass is 16.6. The van der Waals surface area contributed by atoms with E-state index in [-0.39, 0.29) is 0 Å². The van der Waals surface area contributed by atoms with E-state index in [1.165, 1.54) is 0 Å². The van der Waals surface area contributed by atoms with Crippen molar-refractivity contribution >= 4 is 11.8 Å². The molecule has 116 valence electrons. The van der Waals surface area contributed by atoms with Crippen LogP contribution in [0.3, 0.4) is 0 Å². The molecule has 1 aliphatic heterocycles. The topological polar surface area (TPSA) is 70.6 Å². The standard InChI is InChI=1S/C16H24N2O3/c1-15(2,3)21-14(19)18-13-6-4-12(5-7-13)10-16(20)8-9-17-11-16/h4-7,17,20H,8-11H2,1-3H3,(H,18,19). The van der Waals surface area contributed by atoms with Gasteiger partial charge in [0.15, 0.2) is 0 Å². The van der Waals surface area contributed by atoms with Gasteiger partial charge in [-0.3, -0.25) is 5.32 Å². The fourth-order valence-electron chi connectivity index (χ4n) is 2.39. The molecular formula is C16H24N2O3. The van der Waals surface area contributed by atoms with Crippen molar-refractivity contribution in [2.45, 2.75) is 44.8 Å². The molecule has 0 aliphatic carbocycles. The molecular weight excluding hydrogens is 268 g/mol. The molecule has 1 heterocycles. The molecule has 1 aliphatic rings. The molecule has 5 nitrogen and oxygen atoms in total. The number of rotatable bonds is 3. The first-order valence-electron chi connectivity index (χ1n) is 7.28. The summed E-state index contributed by atoms with van der Waals surface area (Å²) in [4.78, 5) is 11.7. The van der Waals surface area contributed by atoms with Crippen molar-refractivity contribution in [2.24, 2.45) is 0 Å². The van der Waals surface area contributed by atoms with Gasteiger partial charge in [0, 0.05) is 18.7 Å². The molecule has 0 aromatic heterocycles. The van der Waals surface area contributed by atoms with Crippen LogP contribution in [-0.2, 0) is 11.2 Å². The summed E-state index contributed by atoms with van der Waals surface area (Å²) in [6.07, 6.45) is 0.923. The maximum Gasteiger partial charge on any atom is 0.412 e. The van der Waals surface area contributed by atoms with Gasteiger partial charge >= 0.3 is 6.09 Å². The van der Waals surface area contributed by atoms with E-state index in [9.17, 15) is 9.90 Å². The summed E-state index contributed by atoms with van der Waals surface area (Å²) < 4.78 is 5.20. The zero-order chi connectivity index (χ0) is 15.5. The molecule has 1 unspecified atom stereocenters. The Hall–Kier alpha value is -1.59. The van der Waals surface area contributed by atoms with E-state index in [4.69, 9.17) is 4.74 Å². The molecule has 1 aromatic rings. The predicted molar refractivity (Wildman–Crippen MR) is 82.4 cm³/mol. The Balaban J connectivity index is 1.91. The highest BCUT2D eigenvalue weighted by Crippen LogP contribution is 2.21. The van der Waals surface area contributed by atoms with E-state index in [0.29, 0.717) is 18.7 Å². The first-order valence-corrected chi connectivity index (χ1v) is 7.28. The van der Waals surface area contributed by atoms with Crippen molar-refractivity contribution in [1.29, 1.82) is 0 Å². The van der Waals surface area contributed by atoms with Crippen LogP contribution in [0.2, 0.25) is 0 Å². The van der Waals surface area contributed by atoms with Crippen LogP contribution in [0.15, 0.2) is 24.3 Å². The molecule has 0 radical (unpaired) electrons. The lowest BCUT2D eigenvalue weighted by Gasteiger charge is -2.21. The zero-order valence-corrected chi connectivity index (χ0v) is 12.9. The van der Waals surface area contributed by atoms with Crippen LogP contribution < -0.4 is 10.6 Å². The molecule has 1 saturated heterocycles. The number of β-amino-alcohol motifs (C(OH)–C–C–N with tert-alkyl or cyclic N) is 1. The summed E-state index contributed by atoms with van der Waals surface area (Å²) in [5.41, 5.74) is 0.573. The first-order chi connectivity index (χ1) is 9.76. The number of amides is 1. The Labute approximate surface area is 125 Å². The molecule has 5 heteroatoms. The third kappa shape index (κ3) is 5.02. The van der Waals surface area contributed by atoms with Gasteiger partial charge in [-0.1, -0.05) is 12.1 Å². The minimum absolute atomic E-state index is 0.464. The van der Waals surface area contributed by atoms with Gasteiger partial charge in [0.05, 0.1) is 5.60 Å². The average molecular weight is 292 g/mol. The SMILES string of the molecule is CC(C)(C)OC(=O)Nc1ccc(CC2(O)CCNC2)cc1. The number of carbonyl (C=O) groups is 1. The minimum atomic E-state index is -0.653. The fourth-order valence-corrected chi connectivity index (χ4v) is 2.39. The third-order valence-corrected chi connectivity index (χ3v) is 3.35. The van der Waals surface area contributed by atoms with Crippen LogP contribution in [-0.4, -0.2) is 35.5 Å². The van der Waals surface area contributed by atoms with Crippen molar-refractivity contribution in [1.82, 2.24) is 5.32 Å². The number of carbonyl (C=O) groups excluding carboxylic acids is 1. The Morgan fingerprint density at radius 2 is 2.05 bits per heavy atom. The highest BCUT2D eigenvalue weighted by Gasteiger charge is 2.30.